The Morgan fingerprint density at radius 2 is 1.74 bits per heavy atom. The van der Waals surface area contributed by atoms with Gasteiger partial charge in [0.25, 0.3) is 0 Å². The fourth-order valence-electron chi connectivity index (χ4n) is 3.44. The molecular weight excluding hydrogens is 232 g/mol. The molecule has 0 saturated heterocycles. The molecule has 1 heteroatoms. The van der Waals surface area contributed by atoms with Crippen molar-refractivity contribution in [2.24, 2.45) is 5.41 Å². The number of hydrogen-bond donors (Lipinski definition) is 1. The second kappa shape index (κ2) is 4.97. The van der Waals surface area contributed by atoms with Crippen LogP contribution in [0.1, 0.15) is 38.2 Å². The van der Waals surface area contributed by atoms with Crippen LogP contribution in [0.3, 0.4) is 0 Å². The molecule has 1 fully saturated rings. The first-order valence-corrected chi connectivity index (χ1v) is 7.34. The second-order valence-corrected chi connectivity index (χ2v) is 6.22. The van der Waals surface area contributed by atoms with E-state index in [1.807, 2.05) is 0 Å². The molecular formula is C18H22O. The molecule has 0 aromatic heterocycles. The summed E-state index contributed by atoms with van der Waals surface area (Å²) in [5.74, 6) is 0. The summed E-state index contributed by atoms with van der Waals surface area (Å²) in [5.41, 5.74) is 1.40. The van der Waals surface area contributed by atoms with Crippen LogP contribution in [0.15, 0.2) is 42.5 Å². The molecule has 1 N–H and O–H groups in total. The van der Waals surface area contributed by atoms with Crippen molar-refractivity contribution in [2.45, 2.75) is 45.1 Å². The fourth-order valence-corrected chi connectivity index (χ4v) is 3.44. The van der Waals surface area contributed by atoms with E-state index in [1.54, 1.807) is 0 Å². The summed E-state index contributed by atoms with van der Waals surface area (Å²) in [7, 11) is 0. The molecule has 3 rings (SSSR count). The van der Waals surface area contributed by atoms with Crippen molar-refractivity contribution in [2.75, 3.05) is 0 Å². The first-order valence-electron chi connectivity index (χ1n) is 7.34. The minimum Gasteiger partial charge on any atom is -0.392 e. The van der Waals surface area contributed by atoms with Gasteiger partial charge in [0.05, 0.1) is 6.10 Å². The first kappa shape index (κ1) is 12.7. The minimum atomic E-state index is -0.221. The van der Waals surface area contributed by atoms with Crippen molar-refractivity contribution in [3.05, 3.63) is 48.0 Å². The van der Waals surface area contributed by atoms with E-state index in [9.17, 15) is 5.11 Å². The van der Waals surface area contributed by atoms with E-state index in [4.69, 9.17) is 0 Å². The largest absolute Gasteiger partial charge is 0.392 e. The van der Waals surface area contributed by atoms with Gasteiger partial charge in [0.1, 0.15) is 0 Å². The van der Waals surface area contributed by atoms with Gasteiger partial charge in [0.2, 0.25) is 0 Å². The molecule has 19 heavy (non-hydrogen) atoms. The highest BCUT2D eigenvalue weighted by atomic mass is 16.3. The number of aliphatic hydroxyl groups excluding tert-OH is 1. The van der Waals surface area contributed by atoms with Crippen LogP contribution >= 0.6 is 0 Å². The summed E-state index contributed by atoms with van der Waals surface area (Å²) < 4.78 is 0. The molecule has 1 unspecified atom stereocenters. The van der Waals surface area contributed by atoms with Crippen LogP contribution in [0.5, 0.6) is 0 Å². The maximum Gasteiger partial charge on any atom is 0.0634 e. The van der Waals surface area contributed by atoms with Gasteiger partial charge in [-0.05, 0) is 41.0 Å². The van der Waals surface area contributed by atoms with Crippen LogP contribution in [0, 0.1) is 5.41 Å². The van der Waals surface area contributed by atoms with Crippen molar-refractivity contribution < 1.29 is 5.11 Å². The lowest BCUT2D eigenvalue weighted by Crippen LogP contribution is -2.31. The summed E-state index contributed by atoms with van der Waals surface area (Å²) >= 11 is 0. The number of aliphatic hydroxyl groups is 1. The summed E-state index contributed by atoms with van der Waals surface area (Å²) in [6.07, 6.45) is 5.42. The van der Waals surface area contributed by atoms with E-state index in [2.05, 4.69) is 49.4 Å². The number of benzene rings is 2. The lowest BCUT2D eigenvalue weighted by atomic mass is 9.79. The Bertz CT molecular complexity index is 561. The third-order valence-electron chi connectivity index (χ3n) is 4.84. The highest BCUT2D eigenvalue weighted by Crippen LogP contribution is 2.41. The molecule has 0 spiro atoms. The lowest BCUT2D eigenvalue weighted by Gasteiger charge is -2.30. The molecule has 2 aromatic rings. The van der Waals surface area contributed by atoms with Gasteiger partial charge in [0, 0.05) is 0 Å². The maximum atomic E-state index is 10.6. The van der Waals surface area contributed by atoms with Crippen molar-refractivity contribution in [1.82, 2.24) is 0 Å². The summed E-state index contributed by atoms with van der Waals surface area (Å²) in [6.45, 7) is 2.25. The molecule has 1 aliphatic carbocycles. The van der Waals surface area contributed by atoms with E-state index in [0.29, 0.717) is 0 Å². The van der Waals surface area contributed by atoms with Crippen LogP contribution in [0.2, 0.25) is 0 Å². The van der Waals surface area contributed by atoms with E-state index in [-0.39, 0.29) is 11.5 Å². The predicted octanol–water partition coefficient (Wildman–Crippen LogP) is 4.32. The van der Waals surface area contributed by atoms with Gasteiger partial charge in [0.15, 0.2) is 0 Å². The van der Waals surface area contributed by atoms with Gasteiger partial charge >= 0.3 is 0 Å². The van der Waals surface area contributed by atoms with Gasteiger partial charge in [-0.3, -0.25) is 0 Å². The van der Waals surface area contributed by atoms with Gasteiger partial charge in [-0.2, -0.15) is 0 Å². The average molecular weight is 254 g/mol. The van der Waals surface area contributed by atoms with Crippen molar-refractivity contribution >= 4 is 10.8 Å². The number of hydrogen-bond acceptors (Lipinski definition) is 1. The summed E-state index contributed by atoms with van der Waals surface area (Å²) in [6, 6.07) is 14.8. The summed E-state index contributed by atoms with van der Waals surface area (Å²) in [5, 5.41) is 13.2. The Kier molecular flexibility index (Phi) is 3.32. The molecule has 0 aliphatic heterocycles. The minimum absolute atomic E-state index is 0.122. The van der Waals surface area contributed by atoms with Gasteiger partial charge in [-0.25, -0.2) is 0 Å². The van der Waals surface area contributed by atoms with Crippen LogP contribution in [-0.2, 0) is 6.42 Å². The zero-order valence-electron chi connectivity index (χ0n) is 11.6. The third-order valence-corrected chi connectivity index (χ3v) is 4.84. The number of fused-ring (bicyclic) bond motifs is 1. The van der Waals surface area contributed by atoms with Crippen LogP contribution in [0.25, 0.3) is 10.8 Å². The van der Waals surface area contributed by atoms with Crippen LogP contribution in [-0.4, -0.2) is 11.2 Å². The molecule has 2 aromatic carbocycles. The van der Waals surface area contributed by atoms with E-state index >= 15 is 0 Å². The Morgan fingerprint density at radius 3 is 2.53 bits per heavy atom. The normalized spacial score (nSPS) is 19.7. The SMILES string of the molecule is CC1(C(O)Cc2cccc3ccccc23)CCCC1. The smallest absolute Gasteiger partial charge is 0.0634 e. The molecule has 0 radical (unpaired) electrons. The second-order valence-electron chi connectivity index (χ2n) is 6.22. The lowest BCUT2D eigenvalue weighted by molar-refractivity contribution is 0.0426. The molecule has 0 bridgehead atoms. The third kappa shape index (κ3) is 2.40. The summed E-state index contributed by atoms with van der Waals surface area (Å²) in [4.78, 5) is 0. The van der Waals surface area contributed by atoms with Crippen molar-refractivity contribution in [3.8, 4) is 0 Å². The monoisotopic (exact) mass is 254 g/mol. The van der Waals surface area contributed by atoms with Gasteiger partial charge in [-0.1, -0.05) is 62.2 Å². The first-order chi connectivity index (χ1) is 9.19. The molecule has 1 saturated carbocycles. The van der Waals surface area contributed by atoms with Crippen LogP contribution < -0.4 is 0 Å². The van der Waals surface area contributed by atoms with Gasteiger partial charge in [-0.15, -0.1) is 0 Å². The molecule has 100 valence electrons. The Labute approximate surface area is 115 Å². The van der Waals surface area contributed by atoms with E-state index in [1.165, 1.54) is 42.0 Å². The zero-order valence-corrected chi connectivity index (χ0v) is 11.6. The highest BCUT2D eigenvalue weighted by molar-refractivity contribution is 5.85. The van der Waals surface area contributed by atoms with Gasteiger partial charge < -0.3 is 5.11 Å². The molecule has 1 nitrogen and oxygen atoms in total. The van der Waals surface area contributed by atoms with Crippen LogP contribution in [0.4, 0.5) is 0 Å². The van der Waals surface area contributed by atoms with E-state index < -0.39 is 0 Å². The Balaban J connectivity index is 1.89. The fraction of sp³-hybridized carbons (Fsp3) is 0.444. The molecule has 0 heterocycles. The van der Waals surface area contributed by atoms with Crippen molar-refractivity contribution in [1.29, 1.82) is 0 Å². The zero-order chi connectivity index (χ0) is 13.3. The maximum absolute atomic E-state index is 10.6. The molecule has 1 atom stereocenters. The molecule has 0 amide bonds. The highest BCUT2D eigenvalue weighted by Gasteiger charge is 2.35. The predicted molar refractivity (Wildman–Crippen MR) is 80.2 cm³/mol. The number of rotatable bonds is 3. The van der Waals surface area contributed by atoms with E-state index in [0.717, 1.165) is 6.42 Å². The quantitative estimate of drug-likeness (QED) is 0.864. The molecule has 1 aliphatic rings. The Hall–Kier alpha value is -1.34. The Morgan fingerprint density at radius 1 is 1.05 bits per heavy atom. The topological polar surface area (TPSA) is 20.2 Å². The average Bonchev–Trinajstić information content (AvgIpc) is 2.87. The van der Waals surface area contributed by atoms with Crippen molar-refractivity contribution in [3.63, 3.8) is 0 Å². The standard InChI is InChI=1S/C18H22O/c1-18(11-4-5-12-18)17(19)13-15-9-6-8-14-7-2-3-10-16(14)15/h2-3,6-10,17,19H,4-5,11-13H2,1H3.